The Balaban J connectivity index is 1.34. The van der Waals surface area contributed by atoms with E-state index >= 15 is 0 Å². The first-order valence-electron chi connectivity index (χ1n) is 11.6. The fourth-order valence-corrected chi connectivity index (χ4v) is 4.76. The minimum atomic E-state index is -0.551. The average Bonchev–Trinajstić information content (AvgIpc) is 3.08. The molecule has 0 bridgehead atoms. The number of ketones is 1. The van der Waals surface area contributed by atoms with Crippen LogP contribution in [-0.2, 0) is 11.3 Å². The zero-order valence-corrected chi connectivity index (χ0v) is 19.5. The second kappa shape index (κ2) is 8.87. The monoisotopic (exact) mass is 469 g/mol. The van der Waals surface area contributed by atoms with Crippen LogP contribution in [0.5, 0.6) is 5.75 Å². The van der Waals surface area contributed by atoms with E-state index in [0.717, 1.165) is 42.3 Å². The molecule has 3 aromatic carbocycles. The number of nitrogens with one attached hydrogen (secondary N) is 2. The zero-order valence-electron chi connectivity index (χ0n) is 19.5. The molecule has 2 heterocycles. The van der Waals surface area contributed by atoms with E-state index < -0.39 is 11.7 Å². The maximum Gasteiger partial charge on any atom is 0.299 e. The molecule has 2 aliphatic heterocycles. The van der Waals surface area contributed by atoms with Crippen LogP contribution in [0.2, 0.25) is 0 Å². The molecule has 0 spiro atoms. The Morgan fingerprint density at radius 2 is 1.74 bits per heavy atom. The fourth-order valence-electron chi connectivity index (χ4n) is 4.76. The molecule has 1 saturated heterocycles. The Morgan fingerprint density at radius 1 is 1.00 bits per heavy atom. The number of carbonyl (C=O) groups is 2. The maximum absolute atomic E-state index is 12.8. The number of hydrogen-bond donors (Lipinski definition) is 3. The quantitative estimate of drug-likeness (QED) is 0.299. The fraction of sp³-hybridized carbons (Fsp3) is 0.259. The summed E-state index contributed by atoms with van der Waals surface area (Å²) in [4.78, 5) is 29.1. The number of benzene rings is 3. The van der Waals surface area contributed by atoms with Gasteiger partial charge in [0.15, 0.2) is 0 Å². The standard InChI is InChI=1S/C27H27N5O3/c1-16(28)31-10-8-21(9-11-31)35-22-6-7-24-23(14-22)25(33)27(34)32(24)15-17-2-3-18-4-5-19(26(29)30)13-20(18)12-17/h2-7,12-14,21,28H,8-11,15H2,1H3,(H3,29,30). The molecule has 2 aliphatic rings. The van der Waals surface area contributed by atoms with Gasteiger partial charge in [0, 0.05) is 31.5 Å². The predicted octanol–water partition coefficient (Wildman–Crippen LogP) is 3.69. The number of ether oxygens (including phenoxy) is 1. The summed E-state index contributed by atoms with van der Waals surface area (Å²) in [6.45, 7) is 3.60. The Morgan fingerprint density at radius 3 is 2.46 bits per heavy atom. The minimum Gasteiger partial charge on any atom is -0.490 e. The molecule has 5 rings (SSSR count). The summed E-state index contributed by atoms with van der Waals surface area (Å²) in [6, 6.07) is 16.7. The topological polar surface area (TPSA) is 124 Å². The van der Waals surface area contributed by atoms with Crippen molar-refractivity contribution in [3.05, 3.63) is 71.3 Å². The van der Waals surface area contributed by atoms with Gasteiger partial charge < -0.3 is 20.3 Å². The number of fused-ring (bicyclic) bond motifs is 2. The Labute approximate surface area is 203 Å². The van der Waals surface area contributed by atoms with Crippen molar-refractivity contribution in [2.75, 3.05) is 18.0 Å². The van der Waals surface area contributed by atoms with Crippen molar-refractivity contribution in [3.63, 3.8) is 0 Å². The Hall–Kier alpha value is -4.20. The Bertz CT molecular complexity index is 1370. The van der Waals surface area contributed by atoms with Crippen molar-refractivity contribution in [1.82, 2.24) is 4.90 Å². The van der Waals surface area contributed by atoms with E-state index in [9.17, 15) is 9.59 Å². The molecule has 8 nitrogen and oxygen atoms in total. The SMILES string of the molecule is CC(=N)N1CCC(Oc2ccc3c(c2)C(=O)C(=O)N3Cc2ccc3ccc(C(=N)N)cc3c2)CC1. The lowest BCUT2D eigenvalue weighted by atomic mass is 10.0. The first-order valence-corrected chi connectivity index (χ1v) is 11.6. The second-order valence-electron chi connectivity index (χ2n) is 9.10. The molecule has 3 aromatic rings. The highest BCUT2D eigenvalue weighted by atomic mass is 16.5. The van der Waals surface area contributed by atoms with Crippen LogP contribution < -0.4 is 15.4 Å². The van der Waals surface area contributed by atoms with Crippen LogP contribution in [0, 0.1) is 10.8 Å². The van der Waals surface area contributed by atoms with Crippen LogP contribution in [0.25, 0.3) is 10.8 Å². The van der Waals surface area contributed by atoms with E-state index in [0.29, 0.717) is 28.4 Å². The van der Waals surface area contributed by atoms with Gasteiger partial charge in [0.1, 0.15) is 17.7 Å². The van der Waals surface area contributed by atoms with Gasteiger partial charge in [-0.3, -0.25) is 20.4 Å². The highest BCUT2D eigenvalue weighted by Crippen LogP contribution is 2.34. The van der Waals surface area contributed by atoms with Crippen LogP contribution in [0.4, 0.5) is 5.69 Å². The number of rotatable bonds is 5. The van der Waals surface area contributed by atoms with Crippen molar-refractivity contribution in [1.29, 1.82) is 10.8 Å². The summed E-state index contributed by atoms with van der Waals surface area (Å²) in [5.74, 6) is 0.0685. The van der Waals surface area contributed by atoms with Crippen molar-refractivity contribution < 1.29 is 14.3 Å². The summed E-state index contributed by atoms with van der Waals surface area (Å²) < 4.78 is 6.12. The number of anilines is 1. The van der Waals surface area contributed by atoms with Gasteiger partial charge in [-0.25, -0.2) is 0 Å². The zero-order chi connectivity index (χ0) is 24.7. The first kappa shape index (κ1) is 22.6. The van der Waals surface area contributed by atoms with Gasteiger partial charge in [0.05, 0.1) is 23.6 Å². The molecule has 8 heteroatoms. The van der Waals surface area contributed by atoms with Crippen molar-refractivity contribution in [2.24, 2.45) is 5.73 Å². The third-order valence-corrected chi connectivity index (χ3v) is 6.72. The van der Waals surface area contributed by atoms with Gasteiger partial charge in [0.25, 0.3) is 11.7 Å². The van der Waals surface area contributed by atoms with Gasteiger partial charge >= 0.3 is 0 Å². The number of nitrogen functional groups attached to an aromatic ring is 1. The third-order valence-electron chi connectivity index (χ3n) is 6.72. The van der Waals surface area contributed by atoms with Crippen LogP contribution in [-0.4, -0.2) is 47.5 Å². The van der Waals surface area contributed by atoms with Gasteiger partial charge in [-0.2, -0.15) is 0 Å². The highest BCUT2D eigenvalue weighted by molar-refractivity contribution is 6.52. The van der Waals surface area contributed by atoms with E-state index in [1.807, 2.05) is 41.3 Å². The van der Waals surface area contributed by atoms with Crippen LogP contribution in [0.15, 0.2) is 54.6 Å². The number of hydrogen-bond acceptors (Lipinski definition) is 5. The predicted molar refractivity (Wildman–Crippen MR) is 136 cm³/mol. The minimum absolute atomic E-state index is 0.0000374. The van der Waals surface area contributed by atoms with E-state index in [2.05, 4.69) is 0 Å². The number of amides is 1. The van der Waals surface area contributed by atoms with Crippen molar-refractivity contribution >= 4 is 39.8 Å². The van der Waals surface area contributed by atoms with E-state index in [1.54, 1.807) is 25.1 Å². The average molecular weight is 470 g/mol. The van der Waals surface area contributed by atoms with E-state index in [-0.39, 0.29) is 18.5 Å². The number of carbonyl (C=O) groups excluding carboxylic acids is 2. The summed E-state index contributed by atoms with van der Waals surface area (Å²) in [6.07, 6.45) is 1.63. The molecule has 0 saturated carbocycles. The smallest absolute Gasteiger partial charge is 0.299 e. The molecule has 4 N–H and O–H groups in total. The number of Topliss-reactive ketones (excluding diaryl/α,β-unsaturated/α-hetero) is 1. The molecular weight excluding hydrogens is 442 g/mol. The van der Waals surface area contributed by atoms with Gasteiger partial charge in [-0.05, 0) is 53.6 Å². The highest BCUT2D eigenvalue weighted by Gasteiger charge is 2.36. The van der Waals surface area contributed by atoms with Crippen molar-refractivity contribution in [2.45, 2.75) is 32.4 Å². The third kappa shape index (κ3) is 4.35. The molecule has 35 heavy (non-hydrogen) atoms. The number of nitrogens with zero attached hydrogens (tertiary/aromatic N) is 2. The summed E-state index contributed by atoms with van der Waals surface area (Å²) >= 11 is 0. The molecule has 0 aromatic heterocycles. The molecule has 0 atom stereocenters. The molecule has 1 fully saturated rings. The number of piperidine rings is 1. The lowest BCUT2D eigenvalue weighted by Gasteiger charge is -2.32. The Kier molecular flexibility index (Phi) is 5.72. The van der Waals surface area contributed by atoms with Crippen LogP contribution >= 0.6 is 0 Å². The summed E-state index contributed by atoms with van der Waals surface area (Å²) in [5, 5.41) is 17.4. The van der Waals surface area contributed by atoms with E-state index in [4.69, 9.17) is 21.3 Å². The normalized spacial score (nSPS) is 16.0. The molecular formula is C27H27N5O3. The molecule has 0 aliphatic carbocycles. The lowest BCUT2D eigenvalue weighted by molar-refractivity contribution is -0.114. The van der Waals surface area contributed by atoms with Crippen molar-refractivity contribution in [3.8, 4) is 5.75 Å². The number of nitrogens with two attached hydrogens (primary N) is 1. The van der Waals surface area contributed by atoms with Gasteiger partial charge in [-0.15, -0.1) is 0 Å². The van der Waals surface area contributed by atoms with Gasteiger partial charge in [-0.1, -0.05) is 24.3 Å². The number of likely N-dealkylation sites (tertiary alicyclic amines) is 1. The molecule has 1 amide bonds. The first-order chi connectivity index (χ1) is 16.8. The summed E-state index contributed by atoms with van der Waals surface area (Å²) in [5.41, 5.74) is 8.08. The summed E-state index contributed by atoms with van der Waals surface area (Å²) in [7, 11) is 0. The van der Waals surface area contributed by atoms with Crippen LogP contribution in [0.3, 0.4) is 0 Å². The van der Waals surface area contributed by atoms with Crippen LogP contribution in [0.1, 0.15) is 41.3 Å². The molecule has 178 valence electrons. The maximum atomic E-state index is 12.8. The number of amidine groups is 2. The lowest BCUT2D eigenvalue weighted by Crippen LogP contribution is -2.40. The molecule has 0 unspecified atom stereocenters. The van der Waals surface area contributed by atoms with E-state index in [1.165, 1.54) is 4.90 Å². The second-order valence-corrected chi connectivity index (χ2v) is 9.10. The molecule has 0 radical (unpaired) electrons. The largest absolute Gasteiger partial charge is 0.490 e. The van der Waals surface area contributed by atoms with Gasteiger partial charge in [0.2, 0.25) is 0 Å².